The van der Waals surface area contributed by atoms with Crippen LogP contribution >= 0.6 is 0 Å². The third-order valence-electron chi connectivity index (χ3n) is 5.06. The molecule has 0 fully saturated rings. The number of benzene rings is 2. The van der Waals surface area contributed by atoms with E-state index in [1.165, 1.54) is 11.1 Å². The third-order valence-corrected chi connectivity index (χ3v) is 5.06. The zero-order valence-electron chi connectivity index (χ0n) is 15.6. The minimum atomic E-state index is -0.0158. The van der Waals surface area contributed by atoms with E-state index in [9.17, 15) is 4.79 Å². The zero-order chi connectivity index (χ0) is 18.7. The molecule has 3 rings (SSSR count). The lowest BCUT2D eigenvalue weighted by molar-refractivity contribution is 0.0730. The highest BCUT2D eigenvalue weighted by Gasteiger charge is 2.29. The second-order valence-electron chi connectivity index (χ2n) is 6.53. The average molecular weight is 351 g/mol. The number of ether oxygens (including phenoxy) is 2. The number of carbonyl (C=O) groups is 1. The van der Waals surface area contributed by atoms with Crippen molar-refractivity contribution >= 4 is 5.91 Å². The minimum Gasteiger partial charge on any atom is -0.493 e. The van der Waals surface area contributed by atoms with Gasteiger partial charge in [0.05, 0.1) is 20.3 Å². The summed E-state index contributed by atoms with van der Waals surface area (Å²) < 4.78 is 10.9. The Morgan fingerprint density at radius 2 is 2.04 bits per heavy atom. The lowest BCUT2D eigenvalue weighted by Crippen LogP contribution is -2.30. The van der Waals surface area contributed by atoms with Crippen molar-refractivity contribution in [2.75, 3.05) is 21.3 Å². The van der Waals surface area contributed by atoms with Crippen molar-refractivity contribution in [1.82, 2.24) is 4.90 Å². The first kappa shape index (κ1) is 18.1. The summed E-state index contributed by atoms with van der Waals surface area (Å²) in [7, 11) is 5.06. The Labute approximate surface area is 155 Å². The maximum absolute atomic E-state index is 13.2. The van der Waals surface area contributed by atoms with Crippen LogP contribution < -0.4 is 9.47 Å². The van der Waals surface area contributed by atoms with Gasteiger partial charge in [0.25, 0.3) is 5.91 Å². The molecule has 1 amide bonds. The van der Waals surface area contributed by atoms with E-state index in [0.29, 0.717) is 23.5 Å². The van der Waals surface area contributed by atoms with Gasteiger partial charge in [-0.1, -0.05) is 30.3 Å². The first-order chi connectivity index (χ1) is 12.6. The van der Waals surface area contributed by atoms with E-state index >= 15 is 0 Å². The molecule has 0 radical (unpaired) electrons. The summed E-state index contributed by atoms with van der Waals surface area (Å²) >= 11 is 0. The van der Waals surface area contributed by atoms with Crippen LogP contribution in [0, 0.1) is 0 Å². The van der Waals surface area contributed by atoms with Crippen LogP contribution in [0.1, 0.15) is 39.5 Å². The summed E-state index contributed by atoms with van der Waals surface area (Å²) in [5.74, 6) is 1.20. The number of nitrogens with zero attached hydrogens (tertiary/aromatic N) is 1. The highest BCUT2D eigenvalue weighted by molar-refractivity contribution is 5.95. The van der Waals surface area contributed by atoms with Gasteiger partial charge in [-0.3, -0.25) is 4.79 Å². The highest BCUT2D eigenvalue weighted by Crippen LogP contribution is 2.37. The van der Waals surface area contributed by atoms with Crippen molar-refractivity contribution in [3.63, 3.8) is 0 Å². The molecule has 0 spiro atoms. The van der Waals surface area contributed by atoms with Crippen LogP contribution in [0.3, 0.4) is 0 Å². The van der Waals surface area contributed by atoms with Gasteiger partial charge in [-0.15, -0.1) is 6.58 Å². The summed E-state index contributed by atoms with van der Waals surface area (Å²) in [6.45, 7) is 3.79. The van der Waals surface area contributed by atoms with Crippen molar-refractivity contribution in [2.45, 2.75) is 25.3 Å². The predicted molar refractivity (Wildman–Crippen MR) is 103 cm³/mol. The normalized spacial score (nSPS) is 15.3. The Bertz CT molecular complexity index is 828. The molecule has 4 heteroatoms. The van der Waals surface area contributed by atoms with Gasteiger partial charge in [0, 0.05) is 18.2 Å². The second-order valence-corrected chi connectivity index (χ2v) is 6.53. The van der Waals surface area contributed by atoms with Crippen molar-refractivity contribution in [3.8, 4) is 11.5 Å². The number of amides is 1. The van der Waals surface area contributed by atoms with E-state index < -0.39 is 0 Å². The number of rotatable bonds is 6. The summed E-state index contributed by atoms with van der Waals surface area (Å²) in [4.78, 5) is 15.0. The standard InChI is InChI=1S/C22H25NO3/c1-5-8-16-13-17(14-20(25-3)21(16)26-4)22(24)23(2)19-12-11-15-9-6-7-10-18(15)19/h5-7,9-10,13-14,19H,1,8,11-12H2,2-4H3. The fourth-order valence-electron chi connectivity index (χ4n) is 3.76. The smallest absolute Gasteiger partial charge is 0.254 e. The monoisotopic (exact) mass is 351 g/mol. The number of hydrogen-bond donors (Lipinski definition) is 0. The van der Waals surface area contributed by atoms with Gasteiger partial charge in [0.15, 0.2) is 11.5 Å². The summed E-state index contributed by atoms with van der Waals surface area (Å²) in [6.07, 6.45) is 4.36. The van der Waals surface area contributed by atoms with Crippen LogP contribution in [0.25, 0.3) is 0 Å². The van der Waals surface area contributed by atoms with E-state index in [1.54, 1.807) is 26.4 Å². The Balaban J connectivity index is 1.94. The van der Waals surface area contributed by atoms with E-state index in [2.05, 4.69) is 24.8 Å². The highest BCUT2D eigenvalue weighted by atomic mass is 16.5. The van der Waals surface area contributed by atoms with E-state index in [4.69, 9.17) is 9.47 Å². The molecule has 1 aliphatic rings. The van der Waals surface area contributed by atoms with Gasteiger partial charge < -0.3 is 14.4 Å². The SMILES string of the molecule is C=CCc1cc(C(=O)N(C)C2CCc3ccccc32)cc(OC)c1OC. The van der Waals surface area contributed by atoms with Gasteiger partial charge in [-0.25, -0.2) is 0 Å². The molecule has 26 heavy (non-hydrogen) atoms. The van der Waals surface area contributed by atoms with E-state index in [1.807, 2.05) is 24.1 Å². The lowest BCUT2D eigenvalue weighted by Gasteiger charge is -2.26. The van der Waals surface area contributed by atoms with Crippen molar-refractivity contribution < 1.29 is 14.3 Å². The molecule has 2 aromatic carbocycles. The number of aryl methyl sites for hydroxylation is 1. The molecule has 1 unspecified atom stereocenters. The Morgan fingerprint density at radius 3 is 2.73 bits per heavy atom. The fourth-order valence-corrected chi connectivity index (χ4v) is 3.76. The maximum atomic E-state index is 13.2. The summed E-state index contributed by atoms with van der Waals surface area (Å²) in [5, 5.41) is 0. The van der Waals surface area contributed by atoms with Gasteiger partial charge in [0.2, 0.25) is 0 Å². The first-order valence-corrected chi connectivity index (χ1v) is 8.81. The summed E-state index contributed by atoms with van der Waals surface area (Å²) in [6, 6.07) is 12.1. The molecule has 0 saturated carbocycles. The first-order valence-electron chi connectivity index (χ1n) is 8.81. The molecule has 0 N–H and O–H groups in total. The molecule has 2 aromatic rings. The van der Waals surface area contributed by atoms with Crippen LogP contribution in [0.4, 0.5) is 0 Å². The number of hydrogen-bond acceptors (Lipinski definition) is 3. The largest absolute Gasteiger partial charge is 0.493 e. The molecule has 0 heterocycles. The molecule has 0 aromatic heterocycles. The predicted octanol–water partition coefficient (Wildman–Crippen LogP) is 4.19. The Morgan fingerprint density at radius 1 is 1.27 bits per heavy atom. The fraction of sp³-hybridized carbons (Fsp3) is 0.318. The van der Waals surface area contributed by atoms with Crippen LogP contribution in [0.2, 0.25) is 0 Å². The number of fused-ring (bicyclic) bond motifs is 1. The van der Waals surface area contributed by atoms with E-state index in [0.717, 1.165) is 18.4 Å². The van der Waals surface area contributed by atoms with Gasteiger partial charge >= 0.3 is 0 Å². The molecule has 1 atom stereocenters. The van der Waals surface area contributed by atoms with Crippen molar-refractivity contribution in [3.05, 3.63) is 71.3 Å². The van der Waals surface area contributed by atoms with Gasteiger partial charge in [-0.2, -0.15) is 0 Å². The molecule has 136 valence electrons. The summed E-state index contributed by atoms with van der Waals surface area (Å²) in [5.41, 5.74) is 4.07. The van der Waals surface area contributed by atoms with Crippen LogP contribution in [0.5, 0.6) is 11.5 Å². The maximum Gasteiger partial charge on any atom is 0.254 e. The minimum absolute atomic E-state index is 0.0158. The van der Waals surface area contributed by atoms with Crippen molar-refractivity contribution in [1.29, 1.82) is 0 Å². The molecule has 1 aliphatic carbocycles. The Kier molecular flexibility index (Phi) is 5.31. The third kappa shape index (κ3) is 3.19. The van der Waals surface area contributed by atoms with Crippen LogP contribution in [-0.2, 0) is 12.8 Å². The molecular formula is C22H25NO3. The average Bonchev–Trinajstić information content (AvgIpc) is 3.10. The Hall–Kier alpha value is -2.75. The molecule has 0 aliphatic heterocycles. The van der Waals surface area contributed by atoms with Crippen LogP contribution in [0.15, 0.2) is 49.1 Å². The number of carbonyl (C=O) groups excluding carboxylic acids is 1. The number of allylic oxidation sites excluding steroid dienone is 1. The lowest BCUT2D eigenvalue weighted by atomic mass is 10.0. The molecule has 4 nitrogen and oxygen atoms in total. The topological polar surface area (TPSA) is 38.8 Å². The molecule has 0 saturated heterocycles. The van der Waals surface area contributed by atoms with Gasteiger partial charge in [0.1, 0.15) is 0 Å². The molecular weight excluding hydrogens is 326 g/mol. The van der Waals surface area contributed by atoms with Crippen molar-refractivity contribution in [2.24, 2.45) is 0 Å². The second kappa shape index (κ2) is 7.65. The zero-order valence-corrected chi connectivity index (χ0v) is 15.6. The van der Waals surface area contributed by atoms with Gasteiger partial charge in [-0.05, 0) is 42.5 Å². The quantitative estimate of drug-likeness (QED) is 0.733. The van der Waals surface area contributed by atoms with E-state index in [-0.39, 0.29) is 11.9 Å². The van der Waals surface area contributed by atoms with Crippen LogP contribution in [-0.4, -0.2) is 32.1 Å². The number of methoxy groups -OCH3 is 2. The molecule has 0 bridgehead atoms.